The van der Waals surface area contributed by atoms with E-state index in [1.54, 1.807) is 46.1 Å². The maximum Gasteiger partial charge on any atom is 0.251 e. The minimum Gasteiger partial charge on any atom is -0.352 e. The van der Waals surface area contributed by atoms with E-state index in [2.05, 4.69) is 42.5 Å². The lowest BCUT2D eigenvalue weighted by atomic mass is 9.85. The minimum absolute atomic E-state index is 0.00120. The van der Waals surface area contributed by atoms with Crippen LogP contribution in [0.1, 0.15) is 130 Å². The van der Waals surface area contributed by atoms with Crippen LogP contribution in [-0.4, -0.2) is 145 Å². The summed E-state index contributed by atoms with van der Waals surface area (Å²) in [5.74, 6) is -3.21. The summed E-state index contributed by atoms with van der Waals surface area (Å²) in [6.07, 6.45) is 0.226. The van der Waals surface area contributed by atoms with Crippen LogP contribution in [0.15, 0.2) is 24.3 Å². The molecule has 0 bridgehead atoms. The molecule has 0 radical (unpaired) electrons. The Kier molecular flexibility index (Phi) is 19.3. The molecule has 3 rings (SSSR count). The van der Waals surface area contributed by atoms with Gasteiger partial charge in [-0.2, -0.15) is 0 Å². The quantitative estimate of drug-likeness (QED) is 0.106. The van der Waals surface area contributed by atoms with Gasteiger partial charge in [-0.25, -0.2) is 0 Å². The zero-order valence-corrected chi connectivity index (χ0v) is 42.2. The van der Waals surface area contributed by atoms with Crippen LogP contribution in [0.5, 0.6) is 0 Å². The highest BCUT2D eigenvalue weighted by atomic mass is 16.2. The van der Waals surface area contributed by atoms with Crippen molar-refractivity contribution in [3.8, 4) is 0 Å². The predicted octanol–water partition coefficient (Wildman–Crippen LogP) is 1.68. The number of amides is 8. The molecule has 0 saturated carbocycles. The summed E-state index contributed by atoms with van der Waals surface area (Å²) in [5, 5.41) is 23.5. The molecule has 2 heterocycles. The third-order valence-corrected chi connectivity index (χ3v) is 13.0. The van der Waals surface area contributed by atoms with E-state index < -0.39 is 82.8 Å². The Morgan fingerprint density at radius 2 is 0.879 bits per heavy atom. The predicted molar refractivity (Wildman–Crippen MR) is 254 cm³/mol. The van der Waals surface area contributed by atoms with Crippen molar-refractivity contribution in [2.75, 3.05) is 27.2 Å². The first kappa shape index (κ1) is 55.2. The fourth-order valence-electron chi connectivity index (χ4n) is 7.60. The summed E-state index contributed by atoms with van der Waals surface area (Å²) in [5.41, 5.74) is -1.13. The Morgan fingerprint density at radius 3 is 1.17 bits per heavy atom. The van der Waals surface area contributed by atoms with Gasteiger partial charge in [0.15, 0.2) is 0 Å². The lowest BCUT2D eigenvalue weighted by Crippen LogP contribution is -2.60. The van der Waals surface area contributed by atoms with E-state index >= 15 is 0 Å². The molecule has 10 atom stereocenters. The van der Waals surface area contributed by atoms with Crippen LogP contribution in [-0.2, 0) is 28.8 Å². The molecule has 0 unspecified atom stereocenters. The number of likely N-dealkylation sites (tertiary alicyclic amines) is 2. The number of benzene rings is 1. The number of hydrogen-bond donors (Lipinski definition) is 8. The van der Waals surface area contributed by atoms with E-state index in [-0.39, 0.29) is 84.6 Å². The van der Waals surface area contributed by atoms with E-state index in [0.717, 1.165) is 0 Å². The molecule has 1 aromatic rings. The molecule has 2 aliphatic heterocycles. The van der Waals surface area contributed by atoms with Gasteiger partial charge >= 0.3 is 0 Å². The van der Waals surface area contributed by atoms with Gasteiger partial charge in [-0.3, -0.25) is 38.4 Å². The van der Waals surface area contributed by atoms with Gasteiger partial charge < -0.3 is 52.3 Å². The summed E-state index contributed by atoms with van der Waals surface area (Å²) >= 11 is 0. The van der Waals surface area contributed by atoms with Crippen molar-refractivity contribution in [3.05, 3.63) is 35.4 Å². The summed E-state index contributed by atoms with van der Waals surface area (Å²) in [6.45, 7) is 26.0. The molecular formula is C48H80N10O8. The van der Waals surface area contributed by atoms with E-state index in [1.807, 2.05) is 83.1 Å². The van der Waals surface area contributed by atoms with Gasteiger partial charge in [-0.05, 0) is 95.5 Å². The number of rotatable bonds is 18. The maximum atomic E-state index is 14.4. The van der Waals surface area contributed by atoms with Crippen LogP contribution < -0.4 is 42.5 Å². The van der Waals surface area contributed by atoms with Crippen LogP contribution >= 0.6 is 0 Å². The van der Waals surface area contributed by atoms with E-state index in [0.29, 0.717) is 0 Å². The molecule has 8 amide bonds. The van der Waals surface area contributed by atoms with Gasteiger partial charge in [0.2, 0.25) is 35.4 Å². The van der Waals surface area contributed by atoms with Crippen molar-refractivity contribution in [3.63, 3.8) is 0 Å². The number of nitrogens with one attached hydrogen (secondary N) is 8. The number of likely N-dealkylation sites (N-methyl/N-ethyl adjacent to an activating group) is 2. The molecule has 2 saturated heterocycles. The Labute approximate surface area is 392 Å². The van der Waals surface area contributed by atoms with Crippen molar-refractivity contribution in [2.45, 2.75) is 170 Å². The average molecular weight is 925 g/mol. The van der Waals surface area contributed by atoms with Crippen molar-refractivity contribution in [1.82, 2.24) is 52.3 Å². The van der Waals surface area contributed by atoms with Crippen LogP contribution in [0.2, 0.25) is 0 Å². The summed E-state index contributed by atoms with van der Waals surface area (Å²) < 4.78 is 0. The Bertz CT molecular complexity index is 1790. The number of nitrogens with zero attached hydrogens (tertiary/aromatic N) is 2. The monoisotopic (exact) mass is 925 g/mol. The molecule has 0 aromatic heterocycles. The van der Waals surface area contributed by atoms with Crippen LogP contribution in [0, 0.1) is 22.7 Å². The lowest BCUT2D eigenvalue weighted by molar-refractivity contribution is -0.144. The van der Waals surface area contributed by atoms with Gasteiger partial charge in [0.1, 0.15) is 24.2 Å². The first-order valence-corrected chi connectivity index (χ1v) is 23.4. The van der Waals surface area contributed by atoms with E-state index in [9.17, 15) is 38.4 Å². The topological polar surface area (TPSA) is 239 Å². The van der Waals surface area contributed by atoms with Gasteiger partial charge in [-0.1, -0.05) is 75.3 Å². The second-order valence-electron chi connectivity index (χ2n) is 21.1. The number of carbonyl (C=O) groups is 8. The van der Waals surface area contributed by atoms with Crippen LogP contribution in [0.25, 0.3) is 0 Å². The highest BCUT2D eigenvalue weighted by molar-refractivity contribution is 6.01. The first-order chi connectivity index (χ1) is 30.5. The highest BCUT2D eigenvalue weighted by Crippen LogP contribution is 2.29. The summed E-state index contributed by atoms with van der Waals surface area (Å²) in [7, 11) is 3.29. The highest BCUT2D eigenvalue weighted by Gasteiger charge is 2.47. The summed E-state index contributed by atoms with van der Waals surface area (Å²) in [6, 6.07) is -0.567. The van der Waals surface area contributed by atoms with E-state index in [4.69, 9.17) is 0 Å². The molecule has 0 spiro atoms. The molecular weight excluding hydrogens is 845 g/mol. The lowest BCUT2D eigenvalue weighted by Gasteiger charge is -2.36. The van der Waals surface area contributed by atoms with Crippen molar-refractivity contribution >= 4 is 47.3 Å². The molecule has 0 aliphatic carbocycles. The molecule has 1 aromatic carbocycles. The maximum absolute atomic E-state index is 14.4. The molecule has 2 aliphatic rings. The fraction of sp³-hybridized carbons (Fsp3) is 0.708. The Hall–Kier alpha value is -5.10. The standard InChI is InChI=1S/C48H80N10O8/c1-25(2)27(5)51-43(63)35-21-33(23-57(35)45(65)37(47(9,10)11)55-39(59)29(7)49-15)53-41(61)31-18-17-19-32(20-31)42(62)54-34-22-36(44(64)52-28(6)26(3)4)58(24-34)46(66)38(48(12,13)14)56-40(60)30(8)50-16/h17-20,25-30,33-38,49-50H,21-24H2,1-16H3,(H,51,63)(H,52,64)(H,53,61)(H,54,62)(H,55,59)(H,56,60)/t27-,28-,29+,30+,33+,34+,35+,36+,37-,38-/m1/s1. The molecule has 370 valence electrons. The molecule has 2 fully saturated rings. The zero-order valence-electron chi connectivity index (χ0n) is 42.2. The van der Waals surface area contributed by atoms with Crippen molar-refractivity contribution < 1.29 is 38.4 Å². The number of hydrogen-bond acceptors (Lipinski definition) is 10. The largest absolute Gasteiger partial charge is 0.352 e. The van der Waals surface area contributed by atoms with Gasteiger partial charge in [0, 0.05) is 48.4 Å². The third kappa shape index (κ3) is 14.4. The first-order valence-electron chi connectivity index (χ1n) is 23.4. The molecule has 66 heavy (non-hydrogen) atoms. The second-order valence-corrected chi connectivity index (χ2v) is 21.1. The molecule has 18 nitrogen and oxygen atoms in total. The summed E-state index contributed by atoms with van der Waals surface area (Å²) in [4.78, 5) is 113. The number of carbonyl (C=O) groups excluding carboxylic acids is 8. The second kappa shape index (κ2) is 23.1. The fourth-order valence-corrected chi connectivity index (χ4v) is 7.60. The van der Waals surface area contributed by atoms with Crippen molar-refractivity contribution in [2.24, 2.45) is 22.7 Å². The van der Waals surface area contributed by atoms with Crippen LogP contribution in [0.3, 0.4) is 0 Å². The third-order valence-electron chi connectivity index (χ3n) is 13.0. The smallest absolute Gasteiger partial charge is 0.251 e. The molecule has 8 N–H and O–H groups in total. The van der Waals surface area contributed by atoms with Gasteiger partial charge in [0.25, 0.3) is 11.8 Å². The van der Waals surface area contributed by atoms with Crippen LogP contribution in [0.4, 0.5) is 0 Å². The molecule has 18 heteroatoms. The van der Waals surface area contributed by atoms with E-state index in [1.165, 1.54) is 15.9 Å². The normalized spacial score (nSPS) is 21.5. The SMILES string of the molecule is CN[C@@H](C)C(=O)N[C@H](C(=O)N1C[C@@H](NC(=O)c2cccc(C(=O)N[C@H]3C[C@@H](C(=O)N[C@H](C)C(C)C)N(C(=O)[C@@H](NC(=O)[C@H](C)NC)C(C)(C)C)C3)c2)C[C@H]1C(=O)N[C@H](C)C(C)C)C(C)(C)C. The Morgan fingerprint density at radius 1 is 0.545 bits per heavy atom. The average Bonchev–Trinajstić information content (AvgIpc) is 3.87. The Balaban J connectivity index is 1.87. The van der Waals surface area contributed by atoms with Crippen molar-refractivity contribution in [1.29, 1.82) is 0 Å². The minimum atomic E-state index is -0.977. The zero-order chi connectivity index (χ0) is 50.2. The van der Waals surface area contributed by atoms with Gasteiger partial charge in [-0.15, -0.1) is 0 Å². The van der Waals surface area contributed by atoms with Gasteiger partial charge in [0.05, 0.1) is 12.1 Å².